The van der Waals surface area contributed by atoms with E-state index in [-0.39, 0.29) is 0 Å². The van der Waals surface area contributed by atoms with E-state index in [2.05, 4.69) is 11.9 Å². The second-order valence-electron chi connectivity index (χ2n) is 2.92. The van der Waals surface area contributed by atoms with Gasteiger partial charge in [-0.2, -0.15) is 0 Å². The highest BCUT2D eigenvalue weighted by molar-refractivity contribution is 5.66. The predicted octanol–water partition coefficient (Wildman–Crippen LogP) is 3.09. The SMILES string of the molecule is Cc1cc[nH]c1/C=C/c1ccco1. The quantitative estimate of drug-likeness (QED) is 0.742. The lowest BCUT2D eigenvalue weighted by Gasteiger charge is -1.88. The molecule has 2 rings (SSSR count). The fourth-order valence-corrected chi connectivity index (χ4v) is 1.19. The Morgan fingerprint density at radius 3 is 2.85 bits per heavy atom. The Labute approximate surface area is 76.9 Å². The van der Waals surface area contributed by atoms with E-state index in [9.17, 15) is 0 Å². The maximum atomic E-state index is 5.17. The Morgan fingerprint density at radius 2 is 2.23 bits per heavy atom. The minimum atomic E-state index is 0.869. The van der Waals surface area contributed by atoms with E-state index in [1.807, 2.05) is 36.5 Å². The number of nitrogens with one attached hydrogen (secondary N) is 1. The van der Waals surface area contributed by atoms with Crippen molar-refractivity contribution >= 4 is 12.2 Å². The Bertz CT molecular complexity index is 395. The molecule has 0 amide bonds. The third kappa shape index (κ3) is 1.72. The van der Waals surface area contributed by atoms with Gasteiger partial charge in [0.1, 0.15) is 5.76 Å². The van der Waals surface area contributed by atoms with Crippen molar-refractivity contribution in [3.8, 4) is 0 Å². The van der Waals surface area contributed by atoms with Crippen LogP contribution in [0.15, 0.2) is 35.1 Å². The van der Waals surface area contributed by atoms with Crippen LogP contribution in [0.5, 0.6) is 0 Å². The van der Waals surface area contributed by atoms with E-state index in [0.29, 0.717) is 0 Å². The molecule has 0 fully saturated rings. The van der Waals surface area contributed by atoms with Gasteiger partial charge in [0.2, 0.25) is 0 Å². The predicted molar refractivity (Wildman–Crippen MR) is 53.2 cm³/mol. The van der Waals surface area contributed by atoms with Crippen molar-refractivity contribution in [1.29, 1.82) is 0 Å². The van der Waals surface area contributed by atoms with Crippen LogP contribution >= 0.6 is 0 Å². The second kappa shape index (κ2) is 3.35. The van der Waals surface area contributed by atoms with Crippen molar-refractivity contribution in [2.24, 2.45) is 0 Å². The summed E-state index contributed by atoms with van der Waals surface area (Å²) in [6.07, 6.45) is 7.55. The molecule has 0 bridgehead atoms. The van der Waals surface area contributed by atoms with E-state index < -0.39 is 0 Å². The minimum Gasteiger partial charge on any atom is -0.465 e. The summed E-state index contributed by atoms with van der Waals surface area (Å²) in [6.45, 7) is 2.07. The van der Waals surface area contributed by atoms with Crippen LogP contribution in [0.1, 0.15) is 17.0 Å². The van der Waals surface area contributed by atoms with Crippen LogP contribution in [0, 0.1) is 6.92 Å². The van der Waals surface area contributed by atoms with Crippen molar-refractivity contribution in [2.45, 2.75) is 6.92 Å². The van der Waals surface area contributed by atoms with Gasteiger partial charge in [-0.15, -0.1) is 0 Å². The van der Waals surface area contributed by atoms with Crippen LogP contribution in [0.3, 0.4) is 0 Å². The zero-order valence-corrected chi connectivity index (χ0v) is 7.45. The molecule has 2 heterocycles. The van der Waals surface area contributed by atoms with E-state index in [4.69, 9.17) is 4.42 Å². The van der Waals surface area contributed by atoms with Crippen LogP contribution in [0.25, 0.3) is 12.2 Å². The molecule has 66 valence electrons. The zero-order chi connectivity index (χ0) is 9.10. The normalized spacial score (nSPS) is 11.2. The largest absolute Gasteiger partial charge is 0.465 e. The van der Waals surface area contributed by atoms with Crippen molar-refractivity contribution in [3.05, 3.63) is 47.7 Å². The maximum Gasteiger partial charge on any atom is 0.126 e. The molecule has 1 N–H and O–H groups in total. The summed E-state index contributed by atoms with van der Waals surface area (Å²) in [5.41, 5.74) is 2.36. The molecule has 2 aromatic heterocycles. The Hall–Kier alpha value is -1.70. The molecule has 0 aromatic carbocycles. The van der Waals surface area contributed by atoms with Gasteiger partial charge in [-0.05, 0) is 42.8 Å². The fourth-order valence-electron chi connectivity index (χ4n) is 1.19. The van der Waals surface area contributed by atoms with Crippen LogP contribution in [0.2, 0.25) is 0 Å². The van der Waals surface area contributed by atoms with Crippen LogP contribution < -0.4 is 0 Å². The molecule has 0 saturated heterocycles. The molecular weight excluding hydrogens is 162 g/mol. The highest BCUT2D eigenvalue weighted by Crippen LogP contribution is 2.10. The summed E-state index contributed by atoms with van der Waals surface area (Å²) in [5, 5.41) is 0. The molecule has 0 aliphatic rings. The molecular formula is C11H11NO. The van der Waals surface area contributed by atoms with Gasteiger partial charge in [-0.25, -0.2) is 0 Å². The fraction of sp³-hybridized carbons (Fsp3) is 0.0909. The first kappa shape index (κ1) is 7.92. The number of H-pyrrole nitrogens is 1. The van der Waals surface area contributed by atoms with Gasteiger partial charge in [-0.1, -0.05) is 0 Å². The highest BCUT2D eigenvalue weighted by Gasteiger charge is 1.93. The molecule has 2 heteroatoms. The molecule has 2 aromatic rings. The van der Waals surface area contributed by atoms with Gasteiger partial charge in [0.25, 0.3) is 0 Å². The van der Waals surface area contributed by atoms with Gasteiger partial charge in [0, 0.05) is 11.9 Å². The molecule has 0 radical (unpaired) electrons. The third-order valence-electron chi connectivity index (χ3n) is 1.95. The van der Waals surface area contributed by atoms with Gasteiger partial charge in [0.15, 0.2) is 0 Å². The van der Waals surface area contributed by atoms with E-state index in [1.54, 1.807) is 6.26 Å². The van der Waals surface area contributed by atoms with E-state index >= 15 is 0 Å². The van der Waals surface area contributed by atoms with Crippen molar-refractivity contribution in [2.75, 3.05) is 0 Å². The topological polar surface area (TPSA) is 28.9 Å². The minimum absolute atomic E-state index is 0.869. The van der Waals surface area contributed by atoms with E-state index in [1.165, 1.54) is 5.56 Å². The number of rotatable bonds is 2. The van der Waals surface area contributed by atoms with Crippen molar-refractivity contribution in [3.63, 3.8) is 0 Å². The van der Waals surface area contributed by atoms with Crippen LogP contribution in [-0.2, 0) is 0 Å². The standard InChI is InChI=1S/C11H11NO/c1-9-6-7-12-11(9)5-4-10-3-2-8-13-10/h2-8,12H,1H3/b5-4+. The Morgan fingerprint density at radius 1 is 1.31 bits per heavy atom. The van der Waals surface area contributed by atoms with Crippen LogP contribution in [0.4, 0.5) is 0 Å². The molecule has 2 nitrogen and oxygen atoms in total. The van der Waals surface area contributed by atoms with Gasteiger partial charge in [-0.3, -0.25) is 0 Å². The summed E-state index contributed by atoms with van der Waals surface area (Å²) >= 11 is 0. The molecule has 0 saturated carbocycles. The molecule has 0 atom stereocenters. The second-order valence-corrected chi connectivity index (χ2v) is 2.92. The summed E-state index contributed by atoms with van der Waals surface area (Å²) in [4.78, 5) is 3.14. The number of furan rings is 1. The third-order valence-corrected chi connectivity index (χ3v) is 1.95. The molecule has 0 unspecified atom stereocenters. The molecule has 13 heavy (non-hydrogen) atoms. The van der Waals surface area contributed by atoms with Crippen LogP contribution in [-0.4, -0.2) is 4.98 Å². The van der Waals surface area contributed by atoms with Crippen molar-refractivity contribution < 1.29 is 4.42 Å². The van der Waals surface area contributed by atoms with Crippen molar-refractivity contribution in [1.82, 2.24) is 4.98 Å². The molecule has 0 aliphatic heterocycles. The lowest BCUT2D eigenvalue weighted by Crippen LogP contribution is -1.73. The number of aromatic nitrogens is 1. The average Bonchev–Trinajstić information content (AvgIpc) is 2.72. The first-order valence-corrected chi connectivity index (χ1v) is 4.22. The Kier molecular flexibility index (Phi) is 2.04. The summed E-state index contributed by atoms with van der Waals surface area (Å²) in [7, 11) is 0. The monoisotopic (exact) mass is 173 g/mol. The van der Waals surface area contributed by atoms with Gasteiger partial charge in [0.05, 0.1) is 6.26 Å². The molecule has 0 aliphatic carbocycles. The summed E-state index contributed by atoms with van der Waals surface area (Å²) in [5.74, 6) is 0.869. The number of hydrogen-bond donors (Lipinski definition) is 1. The number of aryl methyl sites for hydroxylation is 1. The first-order valence-electron chi connectivity index (χ1n) is 4.22. The molecule has 0 spiro atoms. The number of aromatic amines is 1. The lowest BCUT2D eigenvalue weighted by atomic mass is 10.2. The Balaban J connectivity index is 2.19. The summed E-state index contributed by atoms with van der Waals surface area (Å²) < 4.78 is 5.17. The van der Waals surface area contributed by atoms with Gasteiger partial charge >= 0.3 is 0 Å². The number of hydrogen-bond acceptors (Lipinski definition) is 1. The van der Waals surface area contributed by atoms with Gasteiger partial charge < -0.3 is 9.40 Å². The first-order chi connectivity index (χ1) is 6.36. The smallest absolute Gasteiger partial charge is 0.126 e. The highest BCUT2D eigenvalue weighted by atomic mass is 16.3. The summed E-state index contributed by atoms with van der Waals surface area (Å²) in [6, 6.07) is 5.85. The lowest BCUT2D eigenvalue weighted by molar-refractivity contribution is 0.557. The maximum absolute atomic E-state index is 5.17. The average molecular weight is 173 g/mol. The zero-order valence-electron chi connectivity index (χ0n) is 7.45. The van der Waals surface area contributed by atoms with E-state index in [0.717, 1.165) is 11.5 Å².